The number of halogens is 2. The minimum Gasteiger partial charge on any atom is -0.339 e. The number of hydrogen-bond acceptors (Lipinski definition) is 4. The fraction of sp³-hybridized carbons (Fsp3) is 0.263. The van der Waals surface area contributed by atoms with Crippen LogP contribution in [0.25, 0.3) is 22.2 Å². The molecule has 4 nitrogen and oxygen atoms in total. The molecule has 1 aliphatic heterocycles. The zero-order valence-electron chi connectivity index (χ0n) is 13.7. The smallest absolute Gasteiger partial charge is 0.226 e. The average molecular weight is 359 g/mol. The van der Waals surface area contributed by atoms with E-state index in [-0.39, 0.29) is 24.3 Å². The van der Waals surface area contributed by atoms with E-state index in [4.69, 9.17) is 10.7 Å². The van der Waals surface area contributed by atoms with E-state index in [0.29, 0.717) is 17.2 Å². The van der Waals surface area contributed by atoms with Crippen molar-refractivity contribution in [3.05, 3.63) is 54.3 Å². The third kappa shape index (κ3) is 3.43. The number of aromatic nitrogens is 2. The maximum absolute atomic E-state index is 14.3. The molecule has 1 aliphatic rings. The largest absolute Gasteiger partial charge is 0.339 e. The summed E-state index contributed by atoms with van der Waals surface area (Å²) < 4.78 is 14.3. The summed E-state index contributed by atoms with van der Waals surface area (Å²) in [6.07, 6.45) is 2.04. The van der Waals surface area contributed by atoms with Gasteiger partial charge in [0.15, 0.2) is 0 Å². The van der Waals surface area contributed by atoms with Crippen molar-refractivity contribution in [2.75, 3.05) is 18.0 Å². The number of anilines is 1. The van der Waals surface area contributed by atoms with Crippen LogP contribution in [0.4, 0.5) is 10.3 Å². The Kier molecular flexibility index (Phi) is 5.16. The normalized spacial score (nSPS) is 17.4. The van der Waals surface area contributed by atoms with E-state index in [1.165, 1.54) is 6.07 Å². The van der Waals surface area contributed by atoms with E-state index >= 15 is 0 Å². The molecule has 0 radical (unpaired) electrons. The Bertz CT molecular complexity index is 886. The lowest BCUT2D eigenvalue weighted by molar-refractivity contribution is 0.500. The zero-order valence-corrected chi connectivity index (χ0v) is 14.5. The molecule has 1 fully saturated rings. The first-order chi connectivity index (χ1) is 11.7. The van der Waals surface area contributed by atoms with Gasteiger partial charge < -0.3 is 10.6 Å². The van der Waals surface area contributed by atoms with E-state index in [1.807, 2.05) is 30.3 Å². The van der Waals surface area contributed by atoms with Gasteiger partial charge in [-0.3, -0.25) is 0 Å². The van der Waals surface area contributed by atoms with Crippen molar-refractivity contribution in [3.63, 3.8) is 0 Å². The number of hydrogen-bond donors (Lipinski definition) is 1. The third-order valence-electron chi connectivity index (χ3n) is 4.46. The van der Waals surface area contributed by atoms with E-state index < -0.39 is 0 Å². The first-order valence-electron chi connectivity index (χ1n) is 8.24. The molecule has 0 amide bonds. The SMILES string of the molecule is Cl.NC1CCCN(c2nc(-c3ccccc3F)c3ccccc3n2)C1. The molecule has 2 N–H and O–H groups in total. The Morgan fingerprint density at radius 2 is 1.80 bits per heavy atom. The summed E-state index contributed by atoms with van der Waals surface area (Å²) in [6, 6.07) is 14.6. The molecule has 6 heteroatoms. The van der Waals surface area contributed by atoms with Crippen molar-refractivity contribution < 1.29 is 4.39 Å². The molecule has 25 heavy (non-hydrogen) atoms. The fourth-order valence-electron chi connectivity index (χ4n) is 3.26. The third-order valence-corrected chi connectivity index (χ3v) is 4.46. The van der Waals surface area contributed by atoms with E-state index in [9.17, 15) is 4.39 Å². The van der Waals surface area contributed by atoms with Crippen LogP contribution in [0.2, 0.25) is 0 Å². The van der Waals surface area contributed by atoms with Crippen LogP contribution >= 0.6 is 12.4 Å². The van der Waals surface area contributed by atoms with Crippen LogP contribution < -0.4 is 10.6 Å². The van der Waals surface area contributed by atoms with Gasteiger partial charge in [-0.25, -0.2) is 14.4 Å². The lowest BCUT2D eigenvalue weighted by Crippen LogP contribution is -2.43. The van der Waals surface area contributed by atoms with Crippen molar-refractivity contribution in [1.29, 1.82) is 0 Å². The van der Waals surface area contributed by atoms with E-state index in [2.05, 4.69) is 9.88 Å². The first-order valence-corrected chi connectivity index (χ1v) is 8.24. The van der Waals surface area contributed by atoms with Gasteiger partial charge in [-0.1, -0.05) is 30.3 Å². The summed E-state index contributed by atoms with van der Waals surface area (Å²) in [7, 11) is 0. The average Bonchev–Trinajstić information content (AvgIpc) is 2.61. The highest BCUT2D eigenvalue weighted by atomic mass is 35.5. The summed E-state index contributed by atoms with van der Waals surface area (Å²) in [5.74, 6) is 0.352. The molecule has 0 spiro atoms. The molecule has 1 saturated heterocycles. The first kappa shape index (κ1) is 17.6. The maximum atomic E-state index is 14.3. The number of para-hydroxylation sites is 1. The minimum absolute atomic E-state index is 0. The molecule has 0 saturated carbocycles. The lowest BCUT2D eigenvalue weighted by atomic mass is 10.1. The highest BCUT2D eigenvalue weighted by molar-refractivity contribution is 5.93. The van der Waals surface area contributed by atoms with Gasteiger partial charge in [0.25, 0.3) is 0 Å². The number of piperidine rings is 1. The Morgan fingerprint density at radius 1 is 1.04 bits per heavy atom. The van der Waals surface area contributed by atoms with Crippen molar-refractivity contribution in [2.45, 2.75) is 18.9 Å². The molecular weight excluding hydrogens is 339 g/mol. The van der Waals surface area contributed by atoms with Gasteiger partial charge >= 0.3 is 0 Å². The van der Waals surface area contributed by atoms with Crippen LogP contribution in [-0.4, -0.2) is 29.1 Å². The van der Waals surface area contributed by atoms with Crippen LogP contribution in [0.15, 0.2) is 48.5 Å². The van der Waals surface area contributed by atoms with Crippen molar-refractivity contribution in [2.24, 2.45) is 5.73 Å². The summed E-state index contributed by atoms with van der Waals surface area (Å²) in [5.41, 5.74) is 8.04. The lowest BCUT2D eigenvalue weighted by Gasteiger charge is -2.31. The molecule has 4 rings (SSSR count). The van der Waals surface area contributed by atoms with Crippen LogP contribution in [0.1, 0.15) is 12.8 Å². The standard InChI is InChI=1S/C19H19FN4.ClH/c20-16-9-3-1-7-14(16)18-15-8-2-4-10-17(15)22-19(23-18)24-11-5-6-13(21)12-24;/h1-4,7-10,13H,5-6,11-12,21H2;1H. The van der Waals surface area contributed by atoms with Gasteiger partial charge in [0.2, 0.25) is 5.95 Å². The van der Waals surface area contributed by atoms with Gasteiger partial charge in [-0.05, 0) is 31.0 Å². The molecule has 0 aliphatic carbocycles. The second-order valence-corrected chi connectivity index (χ2v) is 6.22. The molecule has 1 unspecified atom stereocenters. The minimum atomic E-state index is -0.275. The predicted molar refractivity (Wildman–Crippen MR) is 102 cm³/mol. The van der Waals surface area contributed by atoms with Gasteiger partial charge in [0.1, 0.15) is 5.82 Å². The van der Waals surface area contributed by atoms with Gasteiger partial charge in [0.05, 0.1) is 11.2 Å². The van der Waals surface area contributed by atoms with Gasteiger partial charge in [-0.2, -0.15) is 0 Å². The number of nitrogens with two attached hydrogens (primary N) is 1. The molecular formula is C19H20ClFN4. The van der Waals surface area contributed by atoms with E-state index in [0.717, 1.165) is 36.8 Å². The predicted octanol–water partition coefficient (Wildman–Crippen LogP) is 3.79. The number of fused-ring (bicyclic) bond motifs is 1. The second kappa shape index (κ2) is 7.33. The van der Waals surface area contributed by atoms with Crippen LogP contribution in [0.3, 0.4) is 0 Å². The van der Waals surface area contributed by atoms with Gasteiger partial charge in [-0.15, -0.1) is 12.4 Å². The number of nitrogens with zero attached hydrogens (tertiary/aromatic N) is 3. The summed E-state index contributed by atoms with van der Waals surface area (Å²) in [6.45, 7) is 1.61. The Morgan fingerprint density at radius 3 is 2.60 bits per heavy atom. The fourth-order valence-corrected chi connectivity index (χ4v) is 3.26. The zero-order chi connectivity index (χ0) is 16.5. The van der Waals surface area contributed by atoms with E-state index in [1.54, 1.807) is 12.1 Å². The molecule has 2 heterocycles. The quantitative estimate of drug-likeness (QED) is 0.757. The van der Waals surface area contributed by atoms with Crippen LogP contribution in [0.5, 0.6) is 0 Å². The monoisotopic (exact) mass is 358 g/mol. The topological polar surface area (TPSA) is 55.0 Å². The molecule has 3 aromatic rings. The van der Waals surface area contributed by atoms with Gasteiger partial charge in [0, 0.05) is 30.1 Å². The highest BCUT2D eigenvalue weighted by Gasteiger charge is 2.21. The van der Waals surface area contributed by atoms with Crippen molar-refractivity contribution in [1.82, 2.24) is 9.97 Å². The number of rotatable bonds is 2. The maximum Gasteiger partial charge on any atom is 0.226 e. The molecule has 130 valence electrons. The molecule has 1 aromatic heterocycles. The Labute approximate surface area is 152 Å². The summed E-state index contributed by atoms with van der Waals surface area (Å²) in [4.78, 5) is 11.5. The van der Waals surface area contributed by atoms with Crippen LogP contribution in [-0.2, 0) is 0 Å². The number of benzene rings is 2. The summed E-state index contributed by atoms with van der Waals surface area (Å²) >= 11 is 0. The van der Waals surface area contributed by atoms with Crippen LogP contribution in [0, 0.1) is 5.82 Å². The molecule has 0 bridgehead atoms. The van der Waals surface area contributed by atoms with Crippen molar-refractivity contribution >= 4 is 29.3 Å². The Balaban J connectivity index is 0.00000182. The van der Waals surface area contributed by atoms with Crippen molar-refractivity contribution in [3.8, 4) is 11.3 Å². The second-order valence-electron chi connectivity index (χ2n) is 6.22. The summed E-state index contributed by atoms with van der Waals surface area (Å²) in [5, 5.41) is 0.854. The molecule has 1 atom stereocenters. The molecule has 2 aromatic carbocycles. The Hall–Kier alpha value is -2.24. The highest BCUT2D eigenvalue weighted by Crippen LogP contribution is 2.30.